The van der Waals surface area contributed by atoms with E-state index in [0.29, 0.717) is 13.0 Å². The van der Waals surface area contributed by atoms with E-state index in [1.807, 2.05) is 45.0 Å². The van der Waals surface area contributed by atoms with Crippen molar-refractivity contribution in [3.8, 4) is 11.1 Å². The zero-order valence-corrected chi connectivity index (χ0v) is 20.8. The third kappa shape index (κ3) is 4.64. The maximum atomic E-state index is 13.1. The van der Waals surface area contributed by atoms with Crippen LogP contribution in [-0.4, -0.2) is 54.2 Å². The number of ether oxygens (including phenoxy) is 1. The Kier molecular flexibility index (Phi) is 6.62. The van der Waals surface area contributed by atoms with Crippen molar-refractivity contribution in [2.75, 3.05) is 26.2 Å². The van der Waals surface area contributed by atoms with Crippen LogP contribution in [0.3, 0.4) is 0 Å². The van der Waals surface area contributed by atoms with E-state index in [1.165, 1.54) is 11.1 Å². The van der Waals surface area contributed by atoms with Gasteiger partial charge in [0.05, 0.1) is 5.41 Å². The molecule has 2 N–H and O–H groups in total. The lowest BCUT2D eigenvalue weighted by molar-refractivity contribution is -0.149. The van der Waals surface area contributed by atoms with Crippen LogP contribution in [0.2, 0.25) is 0 Å². The molecule has 0 unspecified atom stereocenters. The first-order valence-electron chi connectivity index (χ1n) is 12.2. The zero-order valence-electron chi connectivity index (χ0n) is 20.8. The number of amides is 2. The molecule has 7 heteroatoms. The summed E-state index contributed by atoms with van der Waals surface area (Å²) in [6.45, 7) is 8.37. The third-order valence-corrected chi connectivity index (χ3v) is 7.82. The fourth-order valence-corrected chi connectivity index (χ4v) is 5.24. The number of carbonyl (C=O) groups excluding carboxylic acids is 2. The van der Waals surface area contributed by atoms with Crippen LogP contribution in [0.25, 0.3) is 11.1 Å². The number of carboxylic acids is 1. The average Bonchev–Trinajstić information content (AvgIpc) is 3.32. The smallest absolute Gasteiger partial charge is 0.407 e. The molecule has 1 heterocycles. The number of benzene rings is 2. The van der Waals surface area contributed by atoms with Crippen molar-refractivity contribution in [1.29, 1.82) is 0 Å². The quantitative estimate of drug-likeness (QED) is 0.610. The Labute approximate surface area is 206 Å². The summed E-state index contributed by atoms with van der Waals surface area (Å²) in [6.07, 6.45) is -0.0895. The molecule has 35 heavy (non-hydrogen) atoms. The average molecular weight is 479 g/mol. The van der Waals surface area contributed by atoms with Gasteiger partial charge in [-0.05, 0) is 41.5 Å². The molecular weight excluding hydrogens is 444 g/mol. The fourth-order valence-electron chi connectivity index (χ4n) is 5.24. The molecule has 0 bridgehead atoms. The van der Waals surface area contributed by atoms with Crippen LogP contribution in [0.15, 0.2) is 48.5 Å². The second kappa shape index (κ2) is 9.36. The summed E-state index contributed by atoms with van der Waals surface area (Å²) in [5, 5.41) is 12.4. The van der Waals surface area contributed by atoms with Crippen molar-refractivity contribution in [3.63, 3.8) is 0 Å². The molecule has 7 nitrogen and oxygen atoms in total. The highest BCUT2D eigenvalue weighted by Crippen LogP contribution is 2.44. The molecule has 2 atom stereocenters. The number of alkyl carbamates (subject to hydrolysis) is 1. The van der Waals surface area contributed by atoms with Crippen LogP contribution in [0.1, 0.15) is 51.2 Å². The van der Waals surface area contributed by atoms with Gasteiger partial charge >= 0.3 is 12.1 Å². The summed E-state index contributed by atoms with van der Waals surface area (Å²) >= 11 is 0. The molecule has 2 aromatic rings. The summed E-state index contributed by atoms with van der Waals surface area (Å²) in [7, 11) is 0. The number of nitrogens with zero attached hydrogens (tertiary/aromatic N) is 1. The number of rotatable bonds is 7. The van der Waals surface area contributed by atoms with E-state index in [0.717, 1.165) is 11.1 Å². The molecule has 0 radical (unpaired) electrons. The van der Waals surface area contributed by atoms with E-state index >= 15 is 0 Å². The molecule has 186 valence electrons. The largest absolute Gasteiger partial charge is 0.481 e. The summed E-state index contributed by atoms with van der Waals surface area (Å²) in [5.74, 6) is -1.11. The minimum Gasteiger partial charge on any atom is -0.481 e. The zero-order chi connectivity index (χ0) is 25.4. The Morgan fingerprint density at radius 3 is 2.20 bits per heavy atom. The number of likely N-dealkylation sites (tertiary alicyclic amines) is 1. The second-order valence-electron chi connectivity index (χ2n) is 10.7. The van der Waals surface area contributed by atoms with E-state index < -0.39 is 22.9 Å². The van der Waals surface area contributed by atoms with E-state index in [4.69, 9.17) is 4.74 Å². The number of hydrogen-bond acceptors (Lipinski definition) is 4. The van der Waals surface area contributed by atoms with E-state index in [2.05, 4.69) is 29.6 Å². The Balaban J connectivity index is 1.29. The van der Waals surface area contributed by atoms with Crippen molar-refractivity contribution < 1.29 is 24.2 Å². The number of nitrogens with one attached hydrogen (secondary N) is 1. The standard InChI is InChI=1S/C28H34N2O5/c1-18-15-30(17-28(18,4)25(32)33)24(31)27(2,3)13-14-29-26(34)35-16-23-21-11-7-5-9-19(21)20-10-6-8-12-22(20)23/h5-12,18,23H,13-17H2,1-4H3,(H,29,34)(H,32,33)/t18-,28-/m0/s1. The highest BCUT2D eigenvalue weighted by atomic mass is 16.5. The Hall–Kier alpha value is -3.35. The van der Waals surface area contributed by atoms with Gasteiger partial charge in [0.15, 0.2) is 0 Å². The second-order valence-corrected chi connectivity index (χ2v) is 10.7. The number of aliphatic carboxylic acids is 1. The molecule has 1 saturated heterocycles. The van der Waals surface area contributed by atoms with Gasteiger partial charge in [0, 0.05) is 31.0 Å². The highest BCUT2D eigenvalue weighted by Gasteiger charge is 2.49. The summed E-state index contributed by atoms with van der Waals surface area (Å²) in [6, 6.07) is 16.3. The van der Waals surface area contributed by atoms with Crippen molar-refractivity contribution in [1.82, 2.24) is 10.2 Å². The fraction of sp³-hybridized carbons (Fsp3) is 0.464. The number of hydrogen-bond donors (Lipinski definition) is 2. The predicted octanol–water partition coefficient (Wildman–Crippen LogP) is 4.51. The number of fused-ring (bicyclic) bond motifs is 3. The van der Waals surface area contributed by atoms with Crippen LogP contribution in [-0.2, 0) is 14.3 Å². The van der Waals surface area contributed by atoms with Gasteiger partial charge in [-0.3, -0.25) is 9.59 Å². The molecule has 0 spiro atoms. The monoisotopic (exact) mass is 478 g/mol. The highest BCUT2D eigenvalue weighted by molar-refractivity contribution is 5.84. The Bertz CT molecular complexity index is 1100. The summed E-state index contributed by atoms with van der Waals surface area (Å²) in [5.41, 5.74) is 2.98. The van der Waals surface area contributed by atoms with Gasteiger partial charge in [0.2, 0.25) is 5.91 Å². The van der Waals surface area contributed by atoms with Gasteiger partial charge in [-0.1, -0.05) is 69.3 Å². The predicted molar refractivity (Wildman–Crippen MR) is 133 cm³/mol. The lowest BCUT2D eigenvalue weighted by Gasteiger charge is -2.30. The van der Waals surface area contributed by atoms with Gasteiger partial charge in [-0.15, -0.1) is 0 Å². The first kappa shape index (κ1) is 24.8. The normalized spacial score (nSPS) is 21.4. The van der Waals surface area contributed by atoms with E-state index in [9.17, 15) is 19.5 Å². The van der Waals surface area contributed by atoms with Crippen LogP contribution < -0.4 is 5.32 Å². The molecular formula is C28H34N2O5. The SMILES string of the molecule is C[C@H]1CN(C(=O)C(C)(C)CCNC(=O)OCC2c3ccccc3-c3ccccc32)C[C@]1(C)C(=O)O. The van der Waals surface area contributed by atoms with Crippen LogP contribution >= 0.6 is 0 Å². The van der Waals surface area contributed by atoms with E-state index in [-0.39, 0.29) is 37.4 Å². The molecule has 2 amide bonds. The summed E-state index contributed by atoms with van der Waals surface area (Å²) < 4.78 is 5.57. The Morgan fingerprint density at radius 2 is 1.66 bits per heavy atom. The topological polar surface area (TPSA) is 95.9 Å². The molecule has 1 fully saturated rings. The third-order valence-electron chi connectivity index (χ3n) is 7.82. The molecule has 1 aliphatic heterocycles. The molecule has 0 aromatic heterocycles. The lowest BCUT2D eigenvalue weighted by atomic mass is 9.81. The van der Waals surface area contributed by atoms with Gasteiger partial charge in [0.1, 0.15) is 6.61 Å². The maximum absolute atomic E-state index is 13.1. The van der Waals surface area contributed by atoms with Gasteiger partial charge in [-0.2, -0.15) is 0 Å². The van der Waals surface area contributed by atoms with Crippen LogP contribution in [0.4, 0.5) is 4.79 Å². The first-order chi connectivity index (χ1) is 16.5. The van der Waals surface area contributed by atoms with Crippen molar-refractivity contribution >= 4 is 18.0 Å². The Morgan fingerprint density at radius 1 is 1.09 bits per heavy atom. The lowest BCUT2D eigenvalue weighted by Crippen LogP contribution is -2.43. The minimum absolute atomic E-state index is 0.00753. The number of carbonyl (C=O) groups is 3. The van der Waals surface area contributed by atoms with Crippen LogP contribution in [0.5, 0.6) is 0 Å². The van der Waals surface area contributed by atoms with Crippen molar-refractivity contribution in [2.24, 2.45) is 16.7 Å². The van der Waals surface area contributed by atoms with Gasteiger partial charge in [-0.25, -0.2) is 4.79 Å². The molecule has 2 aliphatic rings. The van der Waals surface area contributed by atoms with E-state index in [1.54, 1.807) is 11.8 Å². The van der Waals surface area contributed by atoms with Gasteiger partial charge < -0.3 is 20.1 Å². The van der Waals surface area contributed by atoms with Crippen LogP contribution in [0, 0.1) is 16.7 Å². The molecule has 1 aliphatic carbocycles. The first-order valence-corrected chi connectivity index (χ1v) is 12.2. The minimum atomic E-state index is -0.939. The number of carboxylic acid groups (broad SMARTS) is 1. The van der Waals surface area contributed by atoms with Crippen molar-refractivity contribution in [2.45, 2.75) is 40.0 Å². The molecule has 4 rings (SSSR count). The molecule has 2 aromatic carbocycles. The van der Waals surface area contributed by atoms with Gasteiger partial charge in [0.25, 0.3) is 0 Å². The maximum Gasteiger partial charge on any atom is 0.407 e. The van der Waals surface area contributed by atoms with Crippen molar-refractivity contribution in [3.05, 3.63) is 59.7 Å². The molecule has 0 saturated carbocycles. The summed E-state index contributed by atoms with van der Waals surface area (Å²) in [4.78, 5) is 38.9.